The Balaban J connectivity index is 2.06. The monoisotopic (exact) mass is 306 g/mol. The van der Waals surface area contributed by atoms with Gasteiger partial charge in [-0.25, -0.2) is 0 Å². The number of hydrogen-bond acceptors (Lipinski definition) is 2. The molecule has 2 rings (SSSR count). The summed E-state index contributed by atoms with van der Waals surface area (Å²) in [7, 11) is 0. The molecule has 0 radical (unpaired) electrons. The summed E-state index contributed by atoms with van der Waals surface area (Å²) in [5.74, 6) is 0. The first-order valence-electron chi connectivity index (χ1n) is 6.75. The zero-order valence-electron chi connectivity index (χ0n) is 11.3. The number of benzene rings is 1. The molecule has 0 amide bonds. The van der Waals surface area contributed by atoms with E-state index in [1.165, 1.54) is 6.07 Å². The van der Waals surface area contributed by atoms with E-state index < -0.39 is 11.7 Å². The summed E-state index contributed by atoms with van der Waals surface area (Å²) in [6, 6.07) is 3.58. The number of piperidine rings is 1. The van der Waals surface area contributed by atoms with Gasteiger partial charge in [-0.05, 0) is 37.6 Å². The maximum absolute atomic E-state index is 12.7. The topological polar surface area (TPSA) is 15.3 Å². The lowest BCUT2D eigenvalue weighted by Gasteiger charge is -2.32. The van der Waals surface area contributed by atoms with E-state index in [0.29, 0.717) is 10.7 Å². The van der Waals surface area contributed by atoms with E-state index in [2.05, 4.69) is 17.1 Å². The van der Waals surface area contributed by atoms with Gasteiger partial charge in [0.1, 0.15) is 0 Å². The molecule has 0 saturated carbocycles. The molecule has 0 unspecified atom stereocenters. The third kappa shape index (κ3) is 3.79. The molecule has 1 aliphatic heterocycles. The van der Waals surface area contributed by atoms with Gasteiger partial charge in [0.05, 0.1) is 16.3 Å². The Morgan fingerprint density at radius 2 is 1.95 bits per heavy atom. The fourth-order valence-electron chi connectivity index (χ4n) is 2.43. The molecule has 20 heavy (non-hydrogen) atoms. The van der Waals surface area contributed by atoms with E-state index in [9.17, 15) is 13.2 Å². The number of likely N-dealkylation sites (tertiary alicyclic amines) is 1. The van der Waals surface area contributed by atoms with Gasteiger partial charge in [-0.15, -0.1) is 0 Å². The summed E-state index contributed by atoms with van der Waals surface area (Å²) in [6.07, 6.45) is -2.51. The summed E-state index contributed by atoms with van der Waals surface area (Å²) < 4.78 is 38.1. The average Bonchev–Trinajstić information content (AvgIpc) is 2.41. The molecule has 0 atom stereocenters. The van der Waals surface area contributed by atoms with E-state index in [1.54, 1.807) is 0 Å². The molecule has 1 fully saturated rings. The number of hydrogen-bond donors (Lipinski definition) is 1. The first-order chi connectivity index (χ1) is 9.40. The lowest BCUT2D eigenvalue weighted by Crippen LogP contribution is -2.38. The molecule has 0 aliphatic carbocycles. The Labute approximate surface area is 121 Å². The Bertz CT molecular complexity index is 454. The number of nitrogens with one attached hydrogen (secondary N) is 1. The summed E-state index contributed by atoms with van der Waals surface area (Å²) >= 11 is 5.98. The Hall–Kier alpha value is -0.940. The Kier molecular flexibility index (Phi) is 4.81. The number of halogens is 4. The second-order valence-corrected chi connectivity index (χ2v) is 5.45. The highest BCUT2D eigenvalue weighted by atomic mass is 35.5. The van der Waals surface area contributed by atoms with Crippen LogP contribution >= 0.6 is 11.6 Å². The van der Waals surface area contributed by atoms with Crippen molar-refractivity contribution in [2.75, 3.05) is 25.0 Å². The van der Waals surface area contributed by atoms with Crippen molar-refractivity contribution in [1.82, 2.24) is 4.90 Å². The number of nitrogens with zero attached hydrogens (tertiary/aromatic N) is 1. The molecular weight excluding hydrogens is 289 g/mol. The van der Waals surface area contributed by atoms with Crippen molar-refractivity contribution in [3.63, 3.8) is 0 Å². The van der Waals surface area contributed by atoms with Crippen molar-refractivity contribution in [2.24, 2.45) is 0 Å². The minimum absolute atomic E-state index is 0.179. The highest BCUT2D eigenvalue weighted by Gasteiger charge is 2.31. The smallest absolute Gasteiger partial charge is 0.381 e. The molecule has 1 aliphatic rings. The molecular formula is C14H18ClF3N2. The van der Waals surface area contributed by atoms with Crippen LogP contribution in [0, 0.1) is 0 Å². The summed E-state index contributed by atoms with van der Waals surface area (Å²) in [4.78, 5) is 2.33. The van der Waals surface area contributed by atoms with E-state index in [1.807, 2.05) is 0 Å². The van der Waals surface area contributed by atoms with Gasteiger partial charge in [-0.1, -0.05) is 18.5 Å². The van der Waals surface area contributed by atoms with Crippen molar-refractivity contribution in [2.45, 2.75) is 32.0 Å². The Morgan fingerprint density at radius 3 is 2.50 bits per heavy atom. The van der Waals surface area contributed by atoms with Crippen LogP contribution in [0.1, 0.15) is 25.3 Å². The van der Waals surface area contributed by atoms with Crippen molar-refractivity contribution in [3.8, 4) is 0 Å². The van der Waals surface area contributed by atoms with E-state index in [0.717, 1.165) is 44.6 Å². The van der Waals surface area contributed by atoms with Crippen LogP contribution in [0.25, 0.3) is 0 Å². The van der Waals surface area contributed by atoms with Crippen LogP contribution in [0.4, 0.5) is 18.9 Å². The van der Waals surface area contributed by atoms with Crippen LogP contribution in [-0.2, 0) is 6.18 Å². The molecule has 112 valence electrons. The van der Waals surface area contributed by atoms with Crippen LogP contribution in [0.2, 0.25) is 5.02 Å². The number of alkyl halides is 3. The van der Waals surface area contributed by atoms with Gasteiger partial charge in [0.25, 0.3) is 0 Å². The first-order valence-corrected chi connectivity index (χ1v) is 7.13. The maximum atomic E-state index is 12.7. The third-order valence-electron chi connectivity index (χ3n) is 3.69. The lowest BCUT2D eigenvalue weighted by molar-refractivity contribution is -0.137. The SMILES string of the molecule is CCN1CCC(Nc2cc(C(F)(F)F)ccc2Cl)CC1. The molecule has 0 spiro atoms. The van der Waals surface area contributed by atoms with Gasteiger partial charge in [0.2, 0.25) is 0 Å². The van der Waals surface area contributed by atoms with Gasteiger partial charge in [-0.3, -0.25) is 0 Å². The minimum Gasteiger partial charge on any atom is -0.381 e. The molecule has 6 heteroatoms. The average molecular weight is 307 g/mol. The van der Waals surface area contributed by atoms with Crippen LogP contribution in [0.3, 0.4) is 0 Å². The largest absolute Gasteiger partial charge is 0.416 e. The van der Waals surface area contributed by atoms with Crippen molar-refractivity contribution in [3.05, 3.63) is 28.8 Å². The predicted octanol–water partition coefficient (Wildman–Crippen LogP) is 4.26. The second-order valence-electron chi connectivity index (χ2n) is 5.05. The van der Waals surface area contributed by atoms with Crippen molar-refractivity contribution in [1.29, 1.82) is 0 Å². The molecule has 1 heterocycles. The van der Waals surface area contributed by atoms with Gasteiger partial charge in [0, 0.05) is 19.1 Å². The van der Waals surface area contributed by atoms with Gasteiger partial charge in [-0.2, -0.15) is 13.2 Å². The fraction of sp³-hybridized carbons (Fsp3) is 0.571. The maximum Gasteiger partial charge on any atom is 0.416 e. The molecule has 0 aromatic heterocycles. The van der Waals surface area contributed by atoms with Crippen LogP contribution in [0.5, 0.6) is 0 Å². The predicted molar refractivity (Wildman–Crippen MR) is 75.2 cm³/mol. The second kappa shape index (κ2) is 6.22. The quantitative estimate of drug-likeness (QED) is 0.898. The normalized spacial score (nSPS) is 18.2. The Morgan fingerprint density at radius 1 is 1.30 bits per heavy atom. The van der Waals surface area contributed by atoms with Gasteiger partial charge >= 0.3 is 6.18 Å². The highest BCUT2D eigenvalue weighted by Crippen LogP contribution is 2.34. The van der Waals surface area contributed by atoms with Crippen LogP contribution in [-0.4, -0.2) is 30.6 Å². The zero-order chi connectivity index (χ0) is 14.8. The van der Waals surface area contributed by atoms with E-state index >= 15 is 0 Å². The summed E-state index contributed by atoms with van der Waals surface area (Å²) in [5, 5.41) is 3.48. The molecule has 1 aromatic carbocycles. The molecule has 0 bridgehead atoms. The van der Waals surface area contributed by atoms with E-state index in [4.69, 9.17) is 11.6 Å². The molecule has 1 N–H and O–H groups in total. The van der Waals surface area contributed by atoms with Gasteiger partial charge in [0.15, 0.2) is 0 Å². The molecule has 1 aromatic rings. The van der Waals surface area contributed by atoms with E-state index in [-0.39, 0.29) is 6.04 Å². The van der Waals surface area contributed by atoms with Crippen molar-refractivity contribution < 1.29 is 13.2 Å². The summed E-state index contributed by atoms with van der Waals surface area (Å²) in [5.41, 5.74) is -0.299. The first kappa shape index (κ1) is 15.4. The number of rotatable bonds is 3. The van der Waals surface area contributed by atoms with Crippen LogP contribution in [0.15, 0.2) is 18.2 Å². The molecule has 2 nitrogen and oxygen atoms in total. The van der Waals surface area contributed by atoms with Gasteiger partial charge < -0.3 is 10.2 Å². The zero-order valence-corrected chi connectivity index (χ0v) is 12.1. The number of anilines is 1. The minimum atomic E-state index is -4.34. The molecule has 1 saturated heterocycles. The summed E-state index contributed by atoms with van der Waals surface area (Å²) in [6.45, 7) is 5.05. The standard InChI is InChI=1S/C14H18ClF3N2/c1-2-20-7-5-11(6-8-20)19-13-9-10(14(16,17)18)3-4-12(13)15/h3-4,9,11,19H,2,5-8H2,1H3. The lowest BCUT2D eigenvalue weighted by atomic mass is 10.0. The third-order valence-corrected chi connectivity index (χ3v) is 4.02. The van der Waals surface area contributed by atoms with Crippen molar-refractivity contribution >= 4 is 17.3 Å². The fourth-order valence-corrected chi connectivity index (χ4v) is 2.60. The highest BCUT2D eigenvalue weighted by molar-refractivity contribution is 6.33. The van der Waals surface area contributed by atoms with Crippen LogP contribution < -0.4 is 5.32 Å².